The van der Waals surface area contributed by atoms with Gasteiger partial charge in [-0.3, -0.25) is 15.1 Å². The maximum Gasteiger partial charge on any atom is 0.258 e. The number of amides is 1. The van der Waals surface area contributed by atoms with E-state index in [1.165, 1.54) is 5.56 Å². The Hall–Kier alpha value is -3.87. The van der Waals surface area contributed by atoms with E-state index >= 15 is 0 Å². The Morgan fingerprint density at radius 2 is 1.90 bits per heavy atom. The molecule has 158 valence electrons. The lowest BCUT2D eigenvalue weighted by Crippen LogP contribution is -2.36. The molecule has 1 aliphatic rings. The number of ether oxygens (including phenoxy) is 2. The molecule has 0 bridgehead atoms. The zero-order chi connectivity index (χ0) is 21.6. The number of anilines is 1. The third-order valence-electron chi connectivity index (χ3n) is 4.85. The highest BCUT2D eigenvalue weighted by Gasteiger charge is 2.17. The molecule has 0 saturated carbocycles. The lowest BCUT2D eigenvalue weighted by atomic mass is 10.0. The largest absolute Gasteiger partial charge is 0.454 e. The minimum atomic E-state index is -0.297. The maximum atomic E-state index is 12.9. The fourth-order valence-corrected chi connectivity index (χ4v) is 3.08. The minimum Gasteiger partial charge on any atom is -0.454 e. The highest BCUT2D eigenvalue weighted by molar-refractivity contribution is 6.10. The molecule has 7 nitrogen and oxygen atoms in total. The molecule has 4 rings (SSSR count). The second-order valence-electron chi connectivity index (χ2n) is 7.45. The summed E-state index contributed by atoms with van der Waals surface area (Å²) in [5, 5.41) is 6.07. The van der Waals surface area contributed by atoms with Gasteiger partial charge in [-0.15, -0.1) is 0 Å². The molecule has 3 aromatic rings. The van der Waals surface area contributed by atoms with Gasteiger partial charge in [0.2, 0.25) is 12.8 Å². The number of fused-ring (bicyclic) bond motifs is 1. The number of guanidine groups is 1. The van der Waals surface area contributed by atoms with E-state index in [2.05, 4.69) is 46.6 Å². The molecule has 7 heteroatoms. The molecule has 0 fully saturated rings. The standard InChI is InChI=1S/C24H24N4O3/c1-16(2)18-5-8-20(9-6-18)27-24(26-14-17-4-3-11-25-13-17)28-23(29)19-7-10-21-22(12-19)31-15-30-21/h3-13,16H,14-15H2,1-2H3,(H2,26,27,28,29). The van der Waals surface area contributed by atoms with Gasteiger partial charge in [0.15, 0.2) is 11.5 Å². The van der Waals surface area contributed by atoms with Gasteiger partial charge in [-0.25, -0.2) is 4.99 Å². The number of benzene rings is 2. The molecule has 0 unspecified atom stereocenters. The van der Waals surface area contributed by atoms with Crippen molar-refractivity contribution in [3.8, 4) is 11.5 Å². The van der Waals surface area contributed by atoms with Crippen molar-refractivity contribution in [1.82, 2.24) is 10.3 Å². The number of carbonyl (C=O) groups is 1. The van der Waals surface area contributed by atoms with E-state index in [1.807, 2.05) is 24.3 Å². The Labute approximate surface area is 181 Å². The summed E-state index contributed by atoms with van der Waals surface area (Å²) in [6.45, 7) is 4.83. The van der Waals surface area contributed by atoms with Gasteiger partial charge in [0.1, 0.15) is 0 Å². The second kappa shape index (κ2) is 9.30. The SMILES string of the molecule is CC(C)c1ccc(NC(=NCc2cccnc2)NC(=O)c2ccc3c(c2)OCO3)cc1. The molecule has 0 saturated heterocycles. The molecule has 1 amide bonds. The summed E-state index contributed by atoms with van der Waals surface area (Å²) in [5.74, 6) is 1.68. The zero-order valence-electron chi connectivity index (χ0n) is 17.5. The molecule has 0 atom stereocenters. The molecule has 1 aromatic heterocycles. The molecular formula is C24H24N4O3. The predicted octanol–water partition coefficient (Wildman–Crippen LogP) is 4.33. The highest BCUT2D eigenvalue weighted by Crippen LogP contribution is 2.32. The van der Waals surface area contributed by atoms with Crippen LogP contribution in [0.1, 0.15) is 41.3 Å². The normalized spacial score (nSPS) is 12.7. The summed E-state index contributed by atoms with van der Waals surface area (Å²) in [5.41, 5.74) is 3.47. The van der Waals surface area contributed by atoms with Crippen molar-refractivity contribution < 1.29 is 14.3 Å². The fourth-order valence-electron chi connectivity index (χ4n) is 3.08. The first-order valence-corrected chi connectivity index (χ1v) is 10.1. The summed E-state index contributed by atoms with van der Waals surface area (Å²) < 4.78 is 10.7. The minimum absolute atomic E-state index is 0.159. The first-order chi connectivity index (χ1) is 15.1. The van der Waals surface area contributed by atoms with Crippen LogP contribution in [0.3, 0.4) is 0 Å². The van der Waals surface area contributed by atoms with Crippen LogP contribution >= 0.6 is 0 Å². The quantitative estimate of drug-likeness (QED) is 0.478. The van der Waals surface area contributed by atoms with Gasteiger partial charge in [-0.05, 0) is 53.4 Å². The number of nitrogens with zero attached hydrogens (tertiary/aromatic N) is 2. The van der Waals surface area contributed by atoms with E-state index in [0.717, 1.165) is 11.3 Å². The summed E-state index contributed by atoms with van der Waals surface area (Å²) >= 11 is 0. The van der Waals surface area contributed by atoms with E-state index < -0.39 is 0 Å². The first kappa shape index (κ1) is 20.4. The van der Waals surface area contributed by atoms with Crippen molar-refractivity contribution in [2.45, 2.75) is 26.3 Å². The van der Waals surface area contributed by atoms with Gasteiger partial charge in [0.05, 0.1) is 6.54 Å². The van der Waals surface area contributed by atoms with Crippen LogP contribution in [0.15, 0.2) is 72.0 Å². The lowest BCUT2D eigenvalue weighted by Gasteiger charge is -2.13. The van der Waals surface area contributed by atoms with E-state index in [-0.39, 0.29) is 12.7 Å². The molecule has 2 aromatic carbocycles. The van der Waals surface area contributed by atoms with Crippen molar-refractivity contribution in [2.75, 3.05) is 12.1 Å². The van der Waals surface area contributed by atoms with Crippen molar-refractivity contribution in [3.63, 3.8) is 0 Å². The van der Waals surface area contributed by atoms with E-state index in [1.54, 1.807) is 30.6 Å². The van der Waals surface area contributed by atoms with Crippen LogP contribution in [0.4, 0.5) is 5.69 Å². The third-order valence-corrected chi connectivity index (χ3v) is 4.85. The van der Waals surface area contributed by atoms with Crippen molar-refractivity contribution in [1.29, 1.82) is 0 Å². The molecule has 0 radical (unpaired) electrons. The summed E-state index contributed by atoms with van der Waals surface area (Å²) in [6, 6.07) is 16.9. The molecule has 0 spiro atoms. The fraction of sp³-hybridized carbons (Fsp3) is 0.208. The second-order valence-corrected chi connectivity index (χ2v) is 7.45. The van der Waals surface area contributed by atoms with Gasteiger partial charge >= 0.3 is 0 Å². The molecular weight excluding hydrogens is 392 g/mol. The number of hydrogen-bond donors (Lipinski definition) is 2. The van der Waals surface area contributed by atoms with Crippen LogP contribution in [0, 0.1) is 0 Å². The number of carbonyl (C=O) groups excluding carboxylic acids is 1. The van der Waals surface area contributed by atoms with Crippen LogP contribution in [0.5, 0.6) is 11.5 Å². The van der Waals surface area contributed by atoms with Crippen LogP contribution in [-0.4, -0.2) is 23.6 Å². The Morgan fingerprint density at radius 3 is 2.65 bits per heavy atom. The Bertz CT molecular complexity index is 1080. The average molecular weight is 416 g/mol. The zero-order valence-corrected chi connectivity index (χ0v) is 17.5. The van der Waals surface area contributed by atoms with Gasteiger partial charge in [0, 0.05) is 23.6 Å². The molecule has 2 N–H and O–H groups in total. The topological polar surface area (TPSA) is 84.8 Å². The van der Waals surface area contributed by atoms with Gasteiger partial charge in [-0.1, -0.05) is 32.0 Å². The van der Waals surface area contributed by atoms with Crippen molar-refractivity contribution >= 4 is 17.6 Å². The van der Waals surface area contributed by atoms with Gasteiger partial charge in [0.25, 0.3) is 5.91 Å². The first-order valence-electron chi connectivity index (χ1n) is 10.1. The number of aromatic nitrogens is 1. The number of aliphatic imine (C=N–C) groups is 1. The number of nitrogens with one attached hydrogen (secondary N) is 2. The third kappa shape index (κ3) is 5.19. The predicted molar refractivity (Wildman–Crippen MR) is 120 cm³/mol. The van der Waals surface area contributed by atoms with Crippen LogP contribution in [-0.2, 0) is 6.54 Å². The molecule has 0 aliphatic carbocycles. The van der Waals surface area contributed by atoms with Crippen molar-refractivity contribution in [3.05, 3.63) is 83.7 Å². The monoisotopic (exact) mass is 416 g/mol. The Balaban J connectivity index is 1.53. The molecule has 1 aliphatic heterocycles. The Morgan fingerprint density at radius 1 is 1.10 bits per heavy atom. The number of pyridine rings is 1. The molecule has 2 heterocycles. The maximum absolute atomic E-state index is 12.9. The van der Waals surface area contributed by atoms with Gasteiger partial charge < -0.3 is 14.8 Å². The lowest BCUT2D eigenvalue weighted by molar-refractivity contribution is 0.0976. The van der Waals surface area contributed by atoms with Crippen molar-refractivity contribution in [2.24, 2.45) is 4.99 Å². The number of rotatable bonds is 5. The summed E-state index contributed by atoms with van der Waals surface area (Å²) in [4.78, 5) is 21.5. The van der Waals surface area contributed by atoms with E-state index in [9.17, 15) is 4.79 Å². The van der Waals surface area contributed by atoms with E-state index in [0.29, 0.717) is 35.5 Å². The van der Waals surface area contributed by atoms with Gasteiger partial charge in [-0.2, -0.15) is 0 Å². The van der Waals surface area contributed by atoms with E-state index in [4.69, 9.17) is 9.47 Å². The van der Waals surface area contributed by atoms with Crippen LogP contribution in [0.2, 0.25) is 0 Å². The van der Waals surface area contributed by atoms with Crippen LogP contribution in [0.25, 0.3) is 0 Å². The smallest absolute Gasteiger partial charge is 0.258 e. The summed E-state index contributed by atoms with van der Waals surface area (Å²) in [7, 11) is 0. The highest BCUT2D eigenvalue weighted by atomic mass is 16.7. The molecule has 31 heavy (non-hydrogen) atoms. The van der Waals surface area contributed by atoms with Crippen LogP contribution < -0.4 is 20.1 Å². The summed E-state index contributed by atoms with van der Waals surface area (Å²) in [6.07, 6.45) is 3.46. The Kier molecular flexibility index (Phi) is 6.12. The average Bonchev–Trinajstić information content (AvgIpc) is 3.26. The number of hydrogen-bond acceptors (Lipinski definition) is 5.